The molecule has 5 heteroatoms. The lowest BCUT2D eigenvalue weighted by Crippen LogP contribution is -2.45. The Hall–Kier alpha value is -1.49. The van der Waals surface area contributed by atoms with Crippen LogP contribution >= 0.6 is 0 Å². The molecule has 1 aliphatic rings. The molecule has 1 atom stereocenters. The number of piperidine rings is 1. The van der Waals surface area contributed by atoms with Gasteiger partial charge in [0.15, 0.2) is 0 Å². The van der Waals surface area contributed by atoms with Crippen LogP contribution in [0, 0.1) is 11.6 Å². The normalized spacial score (nSPS) is 20.4. The first-order chi connectivity index (χ1) is 8.06. The molecule has 1 unspecified atom stereocenters. The molecule has 1 fully saturated rings. The van der Waals surface area contributed by atoms with Crippen molar-refractivity contribution in [2.45, 2.75) is 18.9 Å². The lowest BCUT2D eigenvalue weighted by Gasteiger charge is -2.30. The number of amides is 1. The first-order valence-corrected chi connectivity index (χ1v) is 5.57. The zero-order chi connectivity index (χ0) is 12.4. The van der Waals surface area contributed by atoms with Gasteiger partial charge in [0.05, 0.1) is 0 Å². The highest BCUT2D eigenvalue weighted by Crippen LogP contribution is 2.14. The summed E-state index contributed by atoms with van der Waals surface area (Å²) in [6, 6.07) is 2.79. The van der Waals surface area contributed by atoms with Gasteiger partial charge < -0.3 is 10.6 Å². The van der Waals surface area contributed by atoms with Gasteiger partial charge in [-0.1, -0.05) is 0 Å². The highest BCUT2D eigenvalue weighted by atomic mass is 19.1. The van der Waals surface area contributed by atoms with E-state index in [0.717, 1.165) is 31.0 Å². The van der Waals surface area contributed by atoms with Gasteiger partial charge in [0.1, 0.15) is 11.6 Å². The molecule has 2 rings (SSSR count). The third kappa shape index (κ3) is 2.79. The Morgan fingerprint density at radius 3 is 2.53 bits per heavy atom. The second kappa shape index (κ2) is 4.79. The van der Waals surface area contributed by atoms with Crippen molar-refractivity contribution in [3.8, 4) is 0 Å². The predicted molar refractivity (Wildman–Crippen MR) is 59.5 cm³/mol. The van der Waals surface area contributed by atoms with Crippen LogP contribution in [-0.4, -0.2) is 29.9 Å². The second-order valence-corrected chi connectivity index (χ2v) is 4.31. The van der Waals surface area contributed by atoms with E-state index in [2.05, 4.69) is 0 Å². The fourth-order valence-corrected chi connectivity index (χ4v) is 2.05. The van der Waals surface area contributed by atoms with E-state index in [0.29, 0.717) is 13.1 Å². The largest absolute Gasteiger partial charge is 0.337 e. The topological polar surface area (TPSA) is 46.3 Å². The summed E-state index contributed by atoms with van der Waals surface area (Å²) >= 11 is 0. The van der Waals surface area contributed by atoms with E-state index in [1.807, 2.05) is 0 Å². The van der Waals surface area contributed by atoms with Crippen LogP contribution in [0.15, 0.2) is 18.2 Å². The predicted octanol–water partition coefficient (Wildman–Crippen LogP) is 1.53. The van der Waals surface area contributed by atoms with E-state index in [4.69, 9.17) is 5.73 Å². The van der Waals surface area contributed by atoms with Crippen LogP contribution in [0.1, 0.15) is 23.2 Å². The summed E-state index contributed by atoms with van der Waals surface area (Å²) in [5, 5.41) is 0. The molecule has 0 aliphatic carbocycles. The molecule has 0 radical (unpaired) electrons. The van der Waals surface area contributed by atoms with E-state index in [1.54, 1.807) is 4.90 Å². The van der Waals surface area contributed by atoms with Gasteiger partial charge >= 0.3 is 0 Å². The van der Waals surface area contributed by atoms with Gasteiger partial charge in [0.25, 0.3) is 5.91 Å². The highest BCUT2D eigenvalue weighted by Gasteiger charge is 2.22. The van der Waals surface area contributed by atoms with Gasteiger partial charge in [0.2, 0.25) is 0 Å². The molecule has 1 amide bonds. The van der Waals surface area contributed by atoms with Gasteiger partial charge in [-0.3, -0.25) is 4.79 Å². The summed E-state index contributed by atoms with van der Waals surface area (Å²) in [4.78, 5) is 13.5. The van der Waals surface area contributed by atoms with Crippen molar-refractivity contribution in [3.63, 3.8) is 0 Å². The van der Waals surface area contributed by atoms with Crippen LogP contribution in [0.2, 0.25) is 0 Å². The van der Waals surface area contributed by atoms with E-state index in [1.165, 1.54) is 0 Å². The summed E-state index contributed by atoms with van der Waals surface area (Å²) < 4.78 is 26.0. The number of rotatable bonds is 1. The van der Waals surface area contributed by atoms with Gasteiger partial charge in [-0.05, 0) is 25.0 Å². The van der Waals surface area contributed by atoms with Crippen molar-refractivity contribution in [3.05, 3.63) is 35.4 Å². The Morgan fingerprint density at radius 2 is 1.94 bits per heavy atom. The number of carbonyl (C=O) groups excluding carboxylic acids is 1. The highest BCUT2D eigenvalue weighted by molar-refractivity contribution is 5.94. The lowest BCUT2D eigenvalue weighted by molar-refractivity contribution is 0.0708. The fourth-order valence-electron chi connectivity index (χ4n) is 2.05. The molecule has 1 saturated heterocycles. The minimum absolute atomic E-state index is 0.0385. The number of hydrogen-bond acceptors (Lipinski definition) is 2. The maximum absolute atomic E-state index is 13.0. The quantitative estimate of drug-likeness (QED) is 0.809. The van der Waals surface area contributed by atoms with Crippen LogP contribution < -0.4 is 5.73 Å². The van der Waals surface area contributed by atoms with Gasteiger partial charge in [-0.25, -0.2) is 8.78 Å². The van der Waals surface area contributed by atoms with Crippen LogP contribution in [0.5, 0.6) is 0 Å². The molecular formula is C12H14F2N2O. The Kier molecular flexibility index (Phi) is 3.38. The van der Waals surface area contributed by atoms with Crippen molar-refractivity contribution >= 4 is 5.91 Å². The molecule has 3 nitrogen and oxygen atoms in total. The van der Waals surface area contributed by atoms with E-state index < -0.39 is 11.6 Å². The zero-order valence-electron chi connectivity index (χ0n) is 9.33. The fraction of sp³-hybridized carbons (Fsp3) is 0.417. The summed E-state index contributed by atoms with van der Waals surface area (Å²) in [6.45, 7) is 1.03. The van der Waals surface area contributed by atoms with Crippen molar-refractivity contribution < 1.29 is 13.6 Å². The van der Waals surface area contributed by atoms with Crippen LogP contribution in [-0.2, 0) is 0 Å². The smallest absolute Gasteiger partial charge is 0.254 e. The van der Waals surface area contributed by atoms with Gasteiger partial charge in [-0.2, -0.15) is 0 Å². The number of hydrogen-bond donors (Lipinski definition) is 1. The van der Waals surface area contributed by atoms with E-state index in [-0.39, 0.29) is 17.5 Å². The Balaban J connectivity index is 2.18. The van der Waals surface area contributed by atoms with Gasteiger partial charge in [0, 0.05) is 30.8 Å². The monoisotopic (exact) mass is 240 g/mol. The molecule has 1 aromatic rings. The lowest BCUT2D eigenvalue weighted by atomic mass is 10.1. The maximum Gasteiger partial charge on any atom is 0.254 e. The molecule has 1 heterocycles. The first-order valence-electron chi connectivity index (χ1n) is 5.57. The van der Waals surface area contributed by atoms with E-state index >= 15 is 0 Å². The molecule has 1 aliphatic heterocycles. The third-order valence-electron chi connectivity index (χ3n) is 2.85. The average molecular weight is 240 g/mol. The van der Waals surface area contributed by atoms with Crippen molar-refractivity contribution in [1.82, 2.24) is 4.90 Å². The van der Waals surface area contributed by atoms with Crippen molar-refractivity contribution in [2.75, 3.05) is 13.1 Å². The Bertz CT molecular complexity index is 416. The maximum atomic E-state index is 13.0. The molecular weight excluding hydrogens is 226 g/mol. The third-order valence-corrected chi connectivity index (χ3v) is 2.85. The second-order valence-electron chi connectivity index (χ2n) is 4.31. The molecule has 17 heavy (non-hydrogen) atoms. The molecule has 0 aromatic heterocycles. The van der Waals surface area contributed by atoms with Crippen molar-refractivity contribution in [2.24, 2.45) is 5.73 Å². The Morgan fingerprint density at radius 1 is 1.29 bits per heavy atom. The van der Waals surface area contributed by atoms with Crippen molar-refractivity contribution in [1.29, 1.82) is 0 Å². The SMILES string of the molecule is NC1CCCN(C(=O)c2cc(F)cc(F)c2)C1. The standard InChI is InChI=1S/C12H14F2N2O/c13-9-4-8(5-10(14)6-9)12(17)16-3-1-2-11(15)7-16/h4-6,11H,1-3,7,15H2. The summed E-state index contributed by atoms with van der Waals surface area (Å²) in [5.74, 6) is -1.84. The number of nitrogens with two attached hydrogens (primary N) is 1. The number of nitrogens with zero attached hydrogens (tertiary/aromatic N) is 1. The average Bonchev–Trinajstić information content (AvgIpc) is 2.26. The molecule has 92 valence electrons. The van der Waals surface area contributed by atoms with E-state index in [9.17, 15) is 13.6 Å². The summed E-state index contributed by atoms with van der Waals surface area (Å²) in [5.41, 5.74) is 5.80. The molecule has 0 spiro atoms. The molecule has 2 N–H and O–H groups in total. The number of benzene rings is 1. The number of halogens is 2. The Labute approximate surface area is 98.2 Å². The molecule has 0 saturated carbocycles. The van der Waals surface area contributed by atoms with Gasteiger partial charge in [-0.15, -0.1) is 0 Å². The van der Waals surface area contributed by atoms with Crippen LogP contribution in [0.4, 0.5) is 8.78 Å². The number of carbonyl (C=O) groups is 1. The summed E-state index contributed by atoms with van der Waals surface area (Å²) in [7, 11) is 0. The molecule has 1 aromatic carbocycles. The minimum atomic E-state index is -0.741. The first kappa shape index (κ1) is 12.0. The van der Waals surface area contributed by atoms with Crippen LogP contribution in [0.3, 0.4) is 0 Å². The molecule has 0 bridgehead atoms. The number of likely N-dealkylation sites (tertiary alicyclic amines) is 1. The van der Waals surface area contributed by atoms with Crippen LogP contribution in [0.25, 0.3) is 0 Å². The zero-order valence-corrected chi connectivity index (χ0v) is 9.33. The summed E-state index contributed by atoms with van der Waals surface area (Å²) in [6.07, 6.45) is 1.70. The minimum Gasteiger partial charge on any atom is -0.337 e.